The van der Waals surface area contributed by atoms with E-state index in [1.54, 1.807) is 0 Å². The van der Waals surface area contributed by atoms with Crippen LogP contribution in [0.15, 0.2) is 0 Å². The summed E-state index contributed by atoms with van der Waals surface area (Å²) in [5.41, 5.74) is 12.0. The van der Waals surface area contributed by atoms with Gasteiger partial charge in [-0.05, 0) is 6.92 Å². The molecular formula is C8H14N4. The lowest BCUT2D eigenvalue weighted by Gasteiger charge is -2.08. The largest absolute Gasteiger partial charge is 0.383 e. The minimum absolute atomic E-state index is 0.259. The Hall–Kier alpha value is -1.32. The third-order valence-corrected chi connectivity index (χ3v) is 1.75. The molecular weight excluding hydrogens is 152 g/mol. The van der Waals surface area contributed by atoms with Gasteiger partial charge in [-0.25, -0.2) is 9.97 Å². The predicted molar refractivity (Wildman–Crippen MR) is 49.7 cm³/mol. The Bertz CT molecular complexity index is 270. The summed E-state index contributed by atoms with van der Waals surface area (Å²) in [5.74, 6) is 1.92. The highest BCUT2D eigenvalue weighted by Crippen LogP contribution is 2.17. The van der Waals surface area contributed by atoms with Crippen LogP contribution in [-0.4, -0.2) is 9.97 Å². The molecule has 0 bridgehead atoms. The molecule has 0 radical (unpaired) electrons. The molecule has 4 nitrogen and oxygen atoms in total. The summed E-state index contributed by atoms with van der Waals surface area (Å²) in [5, 5.41) is 0. The third-order valence-electron chi connectivity index (χ3n) is 1.75. The van der Waals surface area contributed by atoms with Crippen molar-refractivity contribution < 1.29 is 0 Å². The number of nitrogen functional groups attached to an aromatic ring is 2. The molecule has 0 unspecified atom stereocenters. The molecule has 0 spiro atoms. The molecule has 0 atom stereocenters. The van der Waals surface area contributed by atoms with Gasteiger partial charge >= 0.3 is 0 Å². The fourth-order valence-corrected chi connectivity index (χ4v) is 0.829. The average Bonchev–Trinajstić information content (AvgIpc) is 1.99. The summed E-state index contributed by atoms with van der Waals surface area (Å²) in [4.78, 5) is 8.24. The molecule has 1 heterocycles. The van der Waals surface area contributed by atoms with E-state index in [0.29, 0.717) is 17.5 Å². The molecule has 0 fully saturated rings. The lowest BCUT2D eigenvalue weighted by molar-refractivity contribution is 0.777. The van der Waals surface area contributed by atoms with E-state index < -0.39 is 0 Å². The molecule has 0 amide bonds. The van der Waals surface area contributed by atoms with Gasteiger partial charge < -0.3 is 11.5 Å². The van der Waals surface area contributed by atoms with E-state index in [1.165, 1.54) is 0 Å². The topological polar surface area (TPSA) is 77.8 Å². The SMILES string of the molecule is Cc1c(N)nc(C(C)C)nc1N. The predicted octanol–water partition coefficient (Wildman–Crippen LogP) is 1.07. The zero-order valence-electron chi connectivity index (χ0n) is 7.63. The van der Waals surface area contributed by atoms with E-state index in [4.69, 9.17) is 11.5 Å². The van der Waals surface area contributed by atoms with Gasteiger partial charge in [0.2, 0.25) is 0 Å². The zero-order valence-corrected chi connectivity index (χ0v) is 7.63. The summed E-state index contributed by atoms with van der Waals surface area (Å²) in [6.07, 6.45) is 0. The van der Waals surface area contributed by atoms with Crippen molar-refractivity contribution in [2.75, 3.05) is 11.5 Å². The second-order valence-electron chi connectivity index (χ2n) is 3.13. The molecule has 0 saturated heterocycles. The molecule has 1 aromatic heterocycles. The molecule has 0 aliphatic rings. The van der Waals surface area contributed by atoms with Crippen LogP contribution in [0.2, 0.25) is 0 Å². The van der Waals surface area contributed by atoms with Crippen LogP contribution in [0.25, 0.3) is 0 Å². The van der Waals surface area contributed by atoms with Crippen molar-refractivity contribution in [1.82, 2.24) is 9.97 Å². The van der Waals surface area contributed by atoms with E-state index in [2.05, 4.69) is 9.97 Å². The molecule has 0 aliphatic carbocycles. The van der Waals surface area contributed by atoms with Crippen molar-refractivity contribution in [3.63, 3.8) is 0 Å². The van der Waals surface area contributed by atoms with Crippen molar-refractivity contribution in [1.29, 1.82) is 0 Å². The first-order chi connectivity index (χ1) is 5.52. The quantitative estimate of drug-likeness (QED) is 0.654. The highest BCUT2D eigenvalue weighted by atomic mass is 15.0. The smallest absolute Gasteiger partial charge is 0.135 e. The Labute approximate surface area is 72.0 Å². The molecule has 4 heteroatoms. The summed E-state index contributed by atoms with van der Waals surface area (Å²) in [6.45, 7) is 5.82. The van der Waals surface area contributed by atoms with Crippen LogP contribution in [0.1, 0.15) is 31.2 Å². The Morgan fingerprint density at radius 1 is 1.08 bits per heavy atom. The maximum Gasteiger partial charge on any atom is 0.135 e. The number of hydrogen-bond acceptors (Lipinski definition) is 4. The monoisotopic (exact) mass is 166 g/mol. The van der Waals surface area contributed by atoms with E-state index in [0.717, 1.165) is 5.56 Å². The van der Waals surface area contributed by atoms with Gasteiger partial charge in [0.25, 0.3) is 0 Å². The van der Waals surface area contributed by atoms with Gasteiger partial charge in [0.15, 0.2) is 0 Å². The number of hydrogen-bond donors (Lipinski definition) is 2. The van der Waals surface area contributed by atoms with E-state index in [9.17, 15) is 0 Å². The van der Waals surface area contributed by atoms with Crippen molar-refractivity contribution in [3.8, 4) is 0 Å². The first-order valence-corrected chi connectivity index (χ1v) is 3.92. The fraction of sp³-hybridized carbons (Fsp3) is 0.500. The molecule has 0 aromatic carbocycles. The van der Waals surface area contributed by atoms with Crippen LogP contribution in [0, 0.1) is 6.92 Å². The van der Waals surface area contributed by atoms with Gasteiger partial charge in [-0.3, -0.25) is 0 Å². The normalized spacial score (nSPS) is 10.7. The number of anilines is 2. The summed E-state index contributed by atoms with van der Waals surface area (Å²) >= 11 is 0. The fourth-order valence-electron chi connectivity index (χ4n) is 0.829. The van der Waals surface area contributed by atoms with E-state index in [-0.39, 0.29) is 5.92 Å². The second-order valence-corrected chi connectivity index (χ2v) is 3.13. The van der Waals surface area contributed by atoms with Gasteiger partial charge in [-0.2, -0.15) is 0 Å². The van der Waals surface area contributed by atoms with Crippen LogP contribution in [-0.2, 0) is 0 Å². The number of nitrogens with zero attached hydrogens (tertiary/aromatic N) is 2. The first-order valence-electron chi connectivity index (χ1n) is 3.92. The van der Waals surface area contributed by atoms with Gasteiger partial charge in [-0.1, -0.05) is 13.8 Å². The van der Waals surface area contributed by atoms with Gasteiger partial charge in [-0.15, -0.1) is 0 Å². The molecule has 0 aliphatic heterocycles. The Balaban J connectivity index is 3.21. The van der Waals surface area contributed by atoms with Gasteiger partial charge in [0.1, 0.15) is 17.5 Å². The molecule has 12 heavy (non-hydrogen) atoms. The lowest BCUT2D eigenvalue weighted by atomic mass is 10.2. The van der Waals surface area contributed by atoms with Crippen molar-refractivity contribution in [2.24, 2.45) is 0 Å². The molecule has 1 rings (SSSR count). The minimum Gasteiger partial charge on any atom is -0.383 e. The Morgan fingerprint density at radius 3 is 1.83 bits per heavy atom. The van der Waals surface area contributed by atoms with E-state index >= 15 is 0 Å². The van der Waals surface area contributed by atoms with Crippen molar-refractivity contribution in [2.45, 2.75) is 26.7 Å². The lowest BCUT2D eigenvalue weighted by Crippen LogP contribution is -2.07. The molecule has 4 N–H and O–H groups in total. The Morgan fingerprint density at radius 2 is 1.50 bits per heavy atom. The van der Waals surface area contributed by atoms with Gasteiger partial charge in [0.05, 0.1) is 0 Å². The maximum atomic E-state index is 5.63. The minimum atomic E-state index is 0.259. The van der Waals surface area contributed by atoms with Crippen molar-refractivity contribution >= 4 is 11.6 Å². The molecule has 1 aromatic rings. The third kappa shape index (κ3) is 1.47. The summed E-state index contributed by atoms with van der Waals surface area (Å²) in [6, 6.07) is 0. The van der Waals surface area contributed by atoms with Crippen LogP contribution in [0.4, 0.5) is 11.6 Å². The van der Waals surface area contributed by atoms with Crippen LogP contribution in [0.5, 0.6) is 0 Å². The maximum absolute atomic E-state index is 5.63. The number of rotatable bonds is 1. The highest BCUT2D eigenvalue weighted by Gasteiger charge is 2.07. The van der Waals surface area contributed by atoms with Crippen LogP contribution < -0.4 is 11.5 Å². The second kappa shape index (κ2) is 2.97. The first kappa shape index (κ1) is 8.77. The Kier molecular flexibility index (Phi) is 2.17. The summed E-state index contributed by atoms with van der Waals surface area (Å²) in [7, 11) is 0. The van der Waals surface area contributed by atoms with Crippen molar-refractivity contribution in [3.05, 3.63) is 11.4 Å². The highest BCUT2D eigenvalue weighted by molar-refractivity contribution is 5.51. The van der Waals surface area contributed by atoms with Crippen LogP contribution in [0.3, 0.4) is 0 Å². The molecule has 66 valence electrons. The average molecular weight is 166 g/mol. The van der Waals surface area contributed by atoms with Gasteiger partial charge in [0, 0.05) is 11.5 Å². The zero-order chi connectivity index (χ0) is 9.30. The number of aromatic nitrogens is 2. The van der Waals surface area contributed by atoms with E-state index in [1.807, 2.05) is 20.8 Å². The van der Waals surface area contributed by atoms with Crippen LogP contribution >= 0.6 is 0 Å². The molecule has 0 saturated carbocycles. The standard InChI is InChI=1S/C8H14N4/c1-4(2)8-11-6(9)5(3)7(10)12-8/h4H,1-3H3,(H4,9,10,11,12). The number of nitrogens with two attached hydrogens (primary N) is 2. The summed E-state index contributed by atoms with van der Waals surface area (Å²) < 4.78 is 0.